The molecule has 0 bridgehead atoms. The van der Waals surface area contributed by atoms with E-state index < -0.39 is 0 Å². The molecule has 1 atom stereocenters. The number of rotatable bonds is 4. The number of thiophene rings is 1. The molecule has 2 aliphatic heterocycles. The third-order valence-corrected chi connectivity index (χ3v) is 7.58. The summed E-state index contributed by atoms with van der Waals surface area (Å²) >= 11 is 1.44. The molecule has 164 valence electrons. The second-order valence-electron chi connectivity index (χ2n) is 8.37. The first-order valence-corrected chi connectivity index (χ1v) is 11.9. The van der Waals surface area contributed by atoms with Crippen LogP contribution in [0.1, 0.15) is 47.9 Å². The lowest BCUT2D eigenvalue weighted by Gasteiger charge is -2.44. The molecule has 4 heterocycles. The fourth-order valence-electron chi connectivity index (χ4n) is 5.17. The molecule has 1 amide bonds. The van der Waals surface area contributed by atoms with Gasteiger partial charge in [-0.1, -0.05) is 12.1 Å². The van der Waals surface area contributed by atoms with Crippen molar-refractivity contribution in [3.8, 4) is 5.75 Å². The largest absolute Gasteiger partial charge is 0.495 e. The van der Waals surface area contributed by atoms with Crippen LogP contribution in [-0.2, 0) is 0 Å². The maximum atomic E-state index is 13.0. The Balaban J connectivity index is 1.33. The molecule has 0 radical (unpaired) electrons. The molecule has 1 N–H and O–H groups in total. The summed E-state index contributed by atoms with van der Waals surface area (Å²) in [5, 5.41) is 1.90. The number of amides is 1. The predicted molar refractivity (Wildman–Crippen MR) is 122 cm³/mol. The lowest BCUT2D eigenvalue weighted by molar-refractivity contribution is 0.0182. The molecule has 31 heavy (non-hydrogen) atoms. The number of hydrogen-bond donors (Lipinski definition) is 1. The number of carbonyl (C=O) groups is 1. The number of hydrogen-bond acceptors (Lipinski definition) is 5. The maximum absolute atomic E-state index is 13.0. The Bertz CT molecular complexity index is 1130. The van der Waals surface area contributed by atoms with E-state index in [2.05, 4.69) is 9.88 Å². The first kappa shape index (κ1) is 20.3. The summed E-state index contributed by atoms with van der Waals surface area (Å²) in [6, 6.07) is 10.2. The fraction of sp³-hybridized carbons (Fsp3) is 0.478. The van der Waals surface area contributed by atoms with Gasteiger partial charge >= 0.3 is 5.69 Å². The number of methoxy groups -OCH3 is 1. The van der Waals surface area contributed by atoms with Gasteiger partial charge in [-0.3, -0.25) is 14.3 Å². The van der Waals surface area contributed by atoms with Gasteiger partial charge < -0.3 is 14.6 Å². The standard InChI is InChI=1S/C23H28N4O3S/c1-30-19-11-15-31-21(19)22(28)25-13-9-16(10-14-25)26-12-5-4-8-20(26)27-18-7-3-2-6-17(18)24-23(27)29/h2-3,6-7,11,15-16,20H,4-5,8-10,12-14H2,1H3,(H,24,29). The number of nitrogens with one attached hydrogen (secondary N) is 1. The Morgan fingerprint density at radius 1 is 1.10 bits per heavy atom. The van der Waals surface area contributed by atoms with E-state index in [0.717, 1.165) is 62.8 Å². The highest BCUT2D eigenvalue weighted by Crippen LogP contribution is 2.33. The Morgan fingerprint density at radius 3 is 2.71 bits per heavy atom. The second-order valence-corrected chi connectivity index (χ2v) is 9.29. The van der Waals surface area contributed by atoms with Gasteiger partial charge in [0.2, 0.25) is 0 Å². The van der Waals surface area contributed by atoms with E-state index in [4.69, 9.17) is 4.74 Å². The SMILES string of the molecule is COc1ccsc1C(=O)N1CCC(N2CCCCC2n2c(=O)[nH]c3ccccc32)CC1. The van der Waals surface area contributed by atoms with Crippen molar-refractivity contribution in [3.63, 3.8) is 0 Å². The van der Waals surface area contributed by atoms with Gasteiger partial charge in [-0.2, -0.15) is 0 Å². The van der Waals surface area contributed by atoms with E-state index in [1.807, 2.05) is 45.2 Å². The summed E-state index contributed by atoms with van der Waals surface area (Å²) in [5.74, 6) is 0.722. The van der Waals surface area contributed by atoms with Crippen LogP contribution in [0.2, 0.25) is 0 Å². The second kappa shape index (κ2) is 8.51. The zero-order valence-electron chi connectivity index (χ0n) is 17.8. The molecular formula is C23H28N4O3S. The van der Waals surface area contributed by atoms with Crippen molar-refractivity contribution < 1.29 is 9.53 Å². The van der Waals surface area contributed by atoms with Crippen LogP contribution in [0.5, 0.6) is 5.75 Å². The van der Waals surface area contributed by atoms with Crippen LogP contribution in [0.3, 0.4) is 0 Å². The van der Waals surface area contributed by atoms with Gasteiger partial charge in [0, 0.05) is 25.7 Å². The molecule has 0 spiro atoms. The van der Waals surface area contributed by atoms with Crippen LogP contribution < -0.4 is 10.4 Å². The van der Waals surface area contributed by atoms with Gasteiger partial charge in [-0.05, 0) is 55.7 Å². The Labute approximate surface area is 185 Å². The number of aromatic amines is 1. The van der Waals surface area contributed by atoms with Crippen LogP contribution in [0.25, 0.3) is 11.0 Å². The van der Waals surface area contributed by atoms with Crippen molar-refractivity contribution in [1.29, 1.82) is 0 Å². The summed E-state index contributed by atoms with van der Waals surface area (Å²) < 4.78 is 7.28. The van der Waals surface area contributed by atoms with Crippen LogP contribution in [0, 0.1) is 0 Å². The molecule has 5 rings (SSSR count). The van der Waals surface area contributed by atoms with E-state index in [-0.39, 0.29) is 17.8 Å². The third kappa shape index (κ3) is 3.68. The molecule has 3 aromatic rings. The smallest absolute Gasteiger partial charge is 0.327 e. The fourth-order valence-corrected chi connectivity index (χ4v) is 5.99. The zero-order valence-corrected chi connectivity index (χ0v) is 18.6. The molecule has 2 aromatic heterocycles. The van der Waals surface area contributed by atoms with E-state index in [1.54, 1.807) is 7.11 Å². The lowest BCUT2D eigenvalue weighted by Crippen LogP contribution is -2.51. The number of ether oxygens (including phenoxy) is 1. The molecule has 2 aliphatic rings. The number of nitrogens with zero attached hydrogens (tertiary/aromatic N) is 3. The number of carbonyl (C=O) groups excluding carboxylic acids is 1. The number of benzene rings is 1. The molecule has 2 saturated heterocycles. The molecule has 2 fully saturated rings. The Hall–Kier alpha value is -2.58. The molecule has 8 heteroatoms. The number of H-pyrrole nitrogens is 1. The Kier molecular flexibility index (Phi) is 5.58. The van der Waals surface area contributed by atoms with Gasteiger partial charge in [0.25, 0.3) is 5.91 Å². The van der Waals surface area contributed by atoms with Crippen molar-refractivity contribution in [3.05, 3.63) is 51.1 Å². The summed E-state index contributed by atoms with van der Waals surface area (Å²) in [7, 11) is 1.61. The van der Waals surface area contributed by atoms with E-state index >= 15 is 0 Å². The quantitative estimate of drug-likeness (QED) is 0.672. The third-order valence-electron chi connectivity index (χ3n) is 6.70. The van der Waals surface area contributed by atoms with Gasteiger partial charge in [0.15, 0.2) is 0 Å². The van der Waals surface area contributed by atoms with Gasteiger partial charge in [0.05, 0.1) is 24.3 Å². The average Bonchev–Trinajstić information content (AvgIpc) is 3.42. The highest BCUT2D eigenvalue weighted by atomic mass is 32.1. The molecule has 7 nitrogen and oxygen atoms in total. The van der Waals surface area contributed by atoms with Crippen molar-refractivity contribution in [2.45, 2.75) is 44.3 Å². The number of piperidine rings is 2. The van der Waals surface area contributed by atoms with E-state index in [1.165, 1.54) is 11.3 Å². The highest BCUT2D eigenvalue weighted by Gasteiger charge is 2.35. The van der Waals surface area contributed by atoms with Crippen LogP contribution in [0.4, 0.5) is 0 Å². The van der Waals surface area contributed by atoms with Crippen molar-refractivity contribution in [2.24, 2.45) is 0 Å². The van der Waals surface area contributed by atoms with Gasteiger partial charge in [0.1, 0.15) is 10.6 Å². The number of likely N-dealkylation sites (tertiary alicyclic amines) is 2. The molecular weight excluding hydrogens is 412 g/mol. The molecule has 1 unspecified atom stereocenters. The normalized spacial score (nSPS) is 20.9. The average molecular weight is 441 g/mol. The van der Waals surface area contributed by atoms with E-state index in [9.17, 15) is 9.59 Å². The van der Waals surface area contributed by atoms with Crippen molar-refractivity contribution in [2.75, 3.05) is 26.7 Å². The predicted octanol–water partition coefficient (Wildman–Crippen LogP) is 3.69. The van der Waals surface area contributed by atoms with E-state index in [0.29, 0.717) is 16.7 Å². The molecule has 0 saturated carbocycles. The minimum Gasteiger partial charge on any atom is -0.495 e. The summed E-state index contributed by atoms with van der Waals surface area (Å²) in [6.07, 6.45) is 5.18. The molecule has 0 aliphatic carbocycles. The maximum Gasteiger partial charge on any atom is 0.327 e. The number of imidazole rings is 1. The van der Waals surface area contributed by atoms with Crippen LogP contribution in [-0.4, -0.2) is 58.0 Å². The highest BCUT2D eigenvalue weighted by molar-refractivity contribution is 7.12. The van der Waals surface area contributed by atoms with Crippen molar-refractivity contribution >= 4 is 28.3 Å². The monoisotopic (exact) mass is 440 g/mol. The number of aromatic nitrogens is 2. The summed E-state index contributed by atoms with van der Waals surface area (Å²) in [5.41, 5.74) is 1.83. The topological polar surface area (TPSA) is 70.6 Å². The first-order chi connectivity index (χ1) is 15.2. The minimum atomic E-state index is -0.0319. The summed E-state index contributed by atoms with van der Waals surface area (Å²) in [6.45, 7) is 2.46. The van der Waals surface area contributed by atoms with Gasteiger partial charge in [-0.25, -0.2) is 4.79 Å². The van der Waals surface area contributed by atoms with Gasteiger partial charge in [-0.15, -0.1) is 11.3 Å². The summed E-state index contributed by atoms with van der Waals surface area (Å²) in [4.78, 5) is 33.9. The van der Waals surface area contributed by atoms with Crippen LogP contribution in [0.15, 0.2) is 40.5 Å². The number of fused-ring (bicyclic) bond motifs is 1. The molecule has 1 aromatic carbocycles. The van der Waals surface area contributed by atoms with Crippen LogP contribution >= 0.6 is 11.3 Å². The number of para-hydroxylation sites is 2. The zero-order chi connectivity index (χ0) is 21.4. The Morgan fingerprint density at radius 2 is 1.90 bits per heavy atom. The lowest BCUT2D eigenvalue weighted by atomic mass is 9.97. The first-order valence-electron chi connectivity index (χ1n) is 11.0. The van der Waals surface area contributed by atoms with Crippen molar-refractivity contribution in [1.82, 2.24) is 19.4 Å². The minimum absolute atomic E-state index is 0.0319.